The van der Waals surface area contributed by atoms with Crippen LogP contribution in [0, 0.1) is 5.92 Å². The fourth-order valence-electron chi connectivity index (χ4n) is 4.01. The lowest BCUT2D eigenvalue weighted by atomic mass is 10.1. The Morgan fingerprint density at radius 2 is 2.10 bits per heavy atom. The smallest absolute Gasteiger partial charge is 0.225 e. The number of aliphatic imine (C=N–C) groups is 1. The van der Waals surface area contributed by atoms with Crippen LogP contribution in [0.1, 0.15) is 58.4 Å². The number of carbonyl (C=O) groups is 1. The number of aromatic nitrogens is 1. The molecule has 0 aromatic carbocycles. The lowest BCUT2D eigenvalue weighted by molar-refractivity contribution is -0.134. The molecular formula is C22H35N5O2. The Labute approximate surface area is 174 Å². The number of amides is 1. The molecule has 1 aromatic rings. The molecule has 0 spiro atoms. The highest BCUT2D eigenvalue weighted by Gasteiger charge is 2.32. The molecule has 2 N–H and O–H groups in total. The van der Waals surface area contributed by atoms with E-state index in [1.54, 1.807) is 0 Å². The molecular weight excluding hydrogens is 366 g/mol. The van der Waals surface area contributed by atoms with Crippen LogP contribution in [0.15, 0.2) is 23.3 Å². The number of hydrogen-bond acceptors (Lipinski definition) is 4. The number of rotatable bonds is 7. The van der Waals surface area contributed by atoms with Crippen molar-refractivity contribution in [3.63, 3.8) is 0 Å². The third-order valence-corrected chi connectivity index (χ3v) is 5.46. The topological polar surface area (TPSA) is 78.9 Å². The van der Waals surface area contributed by atoms with Gasteiger partial charge in [-0.15, -0.1) is 0 Å². The molecule has 2 heterocycles. The summed E-state index contributed by atoms with van der Waals surface area (Å²) in [6.45, 7) is 8.97. The molecule has 2 aliphatic rings. The molecule has 1 aliphatic heterocycles. The Morgan fingerprint density at radius 1 is 1.31 bits per heavy atom. The van der Waals surface area contributed by atoms with Crippen LogP contribution in [0.3, 0.4) is 0 Å². The zero-order valence-electron chi connectivity index (χ0n) is 18.0. The van der Waals surface area contributed by atoms with Crippen LogP contribution in [0.2, 0.25) is 0 Å². The molecule has 1 saturated carbocycles. The van der Waals surface area contributed by atoms with Gasteiger partial charge in [-0.2, -0.15) is 0 Å². The van der Waals surface area contributed by atoms with Gasteiger partial charge in [-0.1, -0.05) is 18.9 Å². The molecule has 1 amide bonds. The second kappa shape index (κ2) is 10.5. The van der Waals surface area contributed by atoms with Gasteiger partial charge in [0, 0.05) is 43.9 Å². The summed E-state index contributed by atoms with van der Waals surface area (Å²) < 4.78 is 5.58. The second-order valence-corrected chi connectivity index (χ2v) is 8.26. The number of nitrogens with one attached hydrogen (secondary N) is 2. The third-order valence-electron chi connectivity index (χ3n) is 5.46. The number of pyridine rings is 1. The van der Waals surface area contributed by atoms with Crippen molar-refractivity contribution in [3.05, 3.63) is 23.9 Å². The predicted molar refractivity (Wildman–Crippen MR) is 115 cm³/mol. The Hall–Kier alpha value is -2.31. The van der Waals surface area contributed by atoms with E-state index in [0.29, 0.717) is 18.3 Å². The summed E-state index contributed by atoms with van der Waals surface area (Å²) in [7, 11) is 0. The lowest BCUT2D eigenvalue weighted by Crippen LogP contribution is -2.45. The fourth-order valence-corrected chi connectivity index (χ4v) is 4.01. The highest BCUT2D eigenvalue weighted by Crippen LogP contribution is 2.27. The Kier molecular flexibility index (Phi) is 7.72. The molecule has 1 unspecified atom stereocenters. The van der Waals surface area contributed by atoms with Crippen LogP contribution < -0.4 is 15.4 Å². The fraction of sp³-hybridized carbons (Fsp3) is 0.682. The van der Waals surface area contributed by atoms with Gasteiger partial charge >= 0.3 is 0 Å². The van der Waals surface area contributed by atoms with Crippen LogP contribution >= 0.6 is 0 Å². The van der Waals surface area contributed by atoms with E-state index in [-0.39, 0.29) is 18.1 Å². The van der Waals surface area contributed by atoms with E-state index < -0.39 is 0 Å². The normalized spacial score (nSPS) is 20.3. The van der Waals surface area contributed by atoms with Crippen LogP contribution in [-0.4, -0.2) is 53.5 Å². The number of ether oxygens (including phenoxy) is 1. The van der Waals surface area contributed by atoms with Crippen molar-refractivity contribution in [3.8, 4) is 5.88 Å². The van der Waals surface area contributed by atoms with Crippen molar-refractivity contribution in [2.45, 2.75) is 71.6 Å². The molecule has 1 atom stereocenters. The van der Waals surface area contributed by atoms with Crippen molar-refractivity contribution in [2.75, 3.05) is 19.6 Å². The van der Waals surface area contributed by atoms with Crippen molar-refractivity contribution < 1.29 is 9.53 Å². The van der Waals surface area contributed by atoms with Gasteiger partial charge in [0.1, 0.15) is 0 Å². The first-order valence-corrected chi connectivity index (χ1v) is 11.0. The molecule has 0 bridgehead atoms. The second-order valence-electron chi connectivity index (χ2n) is 8.26. The van der Waals surface area contributed by atoms with Gasteiger partial charge in [0.15, 0.2) is 5.96 Å². The molecule has 160 valence electrons. The minimum absolute atomic E-state index is 0.113. The van der Waals surface area contributed by atoms with Crippen molar-refractivity contribution >= 4 is 11.9 Å². The van der Waals surface area contributed by atoms with E-state index in [9.17, 15) is 4.79 Å². The van der Waals surface area contributed by atoms with E-state index in [1.807, 2.05) is 37.1 Å². The van der Waals surface area contributed by atoms with Gasteiger partial charge in [0.25, 0.3) is 0 Å². The zero-order valence-corrected chi connectivity index (χ0v) is 18.0. The highest BCUT2D eigenvalue weighted by molar-refractivity contribution is 5.81. The van der Waals surface area contributed by atoms with Gasteiger partial charge in [-0.3, -0.25) is 4.79 Å². The number of likely N-dealkylation sites (tertiary alicyclic amines) is 1. The van der Waals surface area contributed by atoms with E-state index >= 15 is 0 Å². The zero-order chi connectivity index (χ0) is 20.6. The SMILES string of the molecule is CCNC(=NCc1ccc(OC(C)C)nc1)NC1CCN(C(=O)C2CCCC2)C1. The maximum absolute atomic E-state index is 12.6. The third kappa shape index (κ3) is 6.34. The van der Waals surface area contributed by atoms with Crippen LogP contribution in [-0.2, 0) is 11.3 Å². The van der Waals surface area contributed by atoms with Gasteiger partial charge in [-0.25, -0.2) is 9.98 Å². The summed E-state index contributed by atoms with van der Waals surface area (Å²) in [4.78, 5) is 23.7. The van der Waals surface area contributed by atoms with E-state index in [1.165, 1.54) is 12.8 Å². The van der Waals surface area contributed by atoms with Crippen molar-refractivity contribution in [2.24, 2.45) is 10.9 Å². The number of guanidine groups is 1. The first kappa shape index (κ1) is 21.4. The Morgan fingerprint density at radius 3 is 2.76 bits per heavy atom. The summed E-state index contributed by atoms with van der Waals surface area (Å²) in [5, 5.41) is 6.81. The minimum Gasteiger partial charge on any atom is -0.475 e. The molecule has 7 nitrogen and oxygen atoms in total. The van der Waals surface area contributed by atoms with Crippen molar-refractivity contribution in [1.29, 1.82) is 0 Å². The molecule has 2 fully saturated rings. The maximum atomic E-state index is 12.6. The molecule has 1 aromatic heterocycles. The molecule has 7 heteroatoms. The molecule has 1 aliphatic carbocycles. The summed E-state index contributed by atoms with van der Waals surface area (Å²) in [6.07, 6.45) is 7.40. The van der Waals surface area contributed by atoms with Gasteiger partial charge in [0.2, 0.25) is 11.8 Å². The molecule has 3 rings (SSSR count). The first-order valence-electron chi connectivity index (χ1n) is 11.0. The van der Waals surface area contributed by atoms with Gasteiger partial charge in [-0.05, 0) is 45.6 Å². The summed E-state index contributed by atoms with van der Waals surface area (Å²) >= 11 is 0. The van der Waals surface area contributed by atoms with Crippen LogP contribution in [0.5, 0.6) is 5.88 Å². The number of nitrogens with zero attached hydrogens (tertiary/aromatic N) is 3. The molecule has 29 heavy (non-hydrogen) atoms. The maximum Gasteiger partial charge on any atom is 0.225 e. The van der Waals surface area contributed by atoms with Gasteiger partial charge in [0.05, 0.1) is 12.6 Å². The van der Waals surface area contributed by atoms with Crippen LogP contribution in [0.25, 0.3) is 0 Å². The molecule has 1 saturated heterocycles. The summed E-state index contributed by atoms with van der Waals surface area (Å²) in [6, 6.07) is 4.13. The Bertz CT molecular complexity index is 683. The summed E-state index contributed by atoms with van der Waals surface area (Å²) in [5.41, 5.74) is 1.03. The average molecular weight is 402 g/mol. The van der Waals surface area contributed by atoms with E-state index in [0.717, 1.165) is 50.4 Å². The quantitative estimate of drug-likeness (QED) is 0.543. The first-order chi connectivity index (χ1) is 14.0. The Balaban J connectivity index is 1.52. The van der Waals surface area contributed by atoms with Gasteiger partial charge < -0.3 is 20.3 Å². The largest absolute Gasteiger partial charge is 0.475 e. The standard InChI is InChI=1S/C22H35N5O2/c1-4-23-22(25-14-17-9-10-20(24-13-17)29-16(2)3)26-19-11-12-27(15-19)21(28)18-7-5-6-8-18/h9-10,13,16,18-19H,4-8,11-12,14-15H2,1-3H3,(H2,23,25,26). The summed E-state index contributed by atoms with van der Waals surface area (Å²) in [5.74, 6) is 2.03. The monoisotopic (exact) mass is 401 g/mol. The minimum atomic E-state index is 0.113. The van der Waals surface area contributed by atoms with E-state index in [2.05, 4.69) is 22.5 Å². The highest BCUT2D eigenvalue weighted by atomic mass is 16.5. The number of hydrogen-bond donors (Lipinski definition) is 2. The van der Waals surface area contributed by atoms with E-state index in [4.69, 9.17) is 9.73 Å². The average Bonchev–Trinajstić information content (AvgIpc) is 3.39. The number of carbonyl (C=O) groups excluding carboxylic acids is 1. The predicted octanol–water partition coefficient (Wildman–Crippen LogP) is 2.72. The van der Waals surface area contributed by atoms with Crippen molar-refractivity contribution in [1.82, 2.24) is 20.5 Å². The lowest BCUT2D eigenvalue weighted by Gasteiger charge is -2.21. The molecule has 0 radical (unpaired) electrons. The van der Waals surface area contributed by atoms with Crippen LogP contribution in [0.4, 0.5) is 0 Å².